The molecule has 3 N–H and O–H groups in total. The van der Waals surface area contributed by atoms with Gasteiger partial charge in [0, 0.05) is 39.6 Å². The second-order valence-corrected chi connectivity index (χ2v) is 16.8. The average Bonchev–Trinajstić information content (AvgIpc) is 3.03. The van der Waals surface area contributed by atoms with Crippen molar-refractivity contribution in [3.8, 4) is 0 Å². The summed E-state index contributed by atoms with van der Waals surface area (Å²) in [5.74, 6) is 10.5. The number of nitrogens with zero attached hydrogens (tertiary/aromatic N) is 4. The second-order valence-electron chi connectivity index (χ2n) is 16.8. The van der Waals surface area contributed by atoms with Crippen LogP contribution in [0.1, 0.15) is 122 Å². The van der Waals surface area contributed by atoms with E-state index in [0.29, 0.717) is 115 Å². The summed E-state index contributed by atoms with van der Waals surface area (Å²) in [6.45, 7) is 32.9. The molecule has 12 nitrogen and oxygen atoms in total. The van der Waals surface area contributed by atoms with E-state index in [-0.39, 0.29) is 18.5 Å². The van der Waals surface area contributed by atoms with Crippen molar-refractivity contribution in [3.63, 3.8) is 0 Å². The first kappa shape index (κ1) is 48.5. The van der Waals surface area contributed by atoms with Gasteiger partial charge >= 0.3 is 0 Å². The summed E-state index contributed by atoms with van der Waals surface area (Å²) in [5, 5.41) is 8.46. The largest absolute Gasteiger partial charge is 0.378 e. The van der Waals surface area contributed by atoms with Crippen LogP contribution in [0.5, 0.6) is 0 Å². The molecule has 0 spiro atoms. The number of hydrazine groups is 3. The molecule has 0 aliphatic carbocycles. The van der Waals surface area contributed by atoms with Gasteiger partial charge in [0.05, 0.1) is 19.8 Å². The number of nitrogens with one attached hydrogen (secondary N) is 1. The van der Waals surface area contributed by atoms with Gasteiger partial charge < -0.3 is 28.4 Å². The number of hydrogen-bond acceptors (Lipinski definition) is 12. The van der Waals surface area contributed by atoms with Crippen LogP contribution in [0.25, 0.3) is 0 Å². The first-order valence-electron chi connectivity index (χ1n) is 20.3. The van der Waals surface area contributed by atoms with E-state index in [2.05, 4.69) is 104 Å². The number of ether oxygens (including phenoxy) is 6. The predicted octanol–water partition coefficient (Wildman–Crippen LogP) is 6.73. The Labute approximate surface area is 314 Å². The van der Waals surface area contributed by atoms with Crippen LogP contribution in [0, 0.1) is 35.5 Å². The molecular formula is C39H84N6O6. The van der Waals surface area contributed by atoms with Crippen molar-refractivity contribution in [3.05, 3.63) is 0 Å². The van der Waals surface area contributed by atoms with E-state index in [0.717, 1.165) is 38.5 Å². The number of rotatable bonds is 32. The third-order valence-electron chi connectivity index (χ3n) is 8.94. The summed E-state index contributed by atoms with van der Waals surface area (Å²) in [7, 11) is 0. The fourth-order valence-electron chi connectivity index (χ4n) is 5.26. The normalized spacial score (nSPS) is 19.9. The standard InChI is InChI=1S/C39H84N6O6/c1-31(2)13-19-46-25-37-43(40)38(26-47-20-14-32(3)4)45(42(29-50-23-17-35(9)10)30-51-24-18-36(11)12)39(27-48-21-15-33(5)6)44(37)41-28-49-22-16-34(7)8/h31-39,41H,13-30,40H2,1-12H3. The summed E-state index contributed by atoms with van der Waals surface area (Å²) in [4.78, 5) is 0. The van der Waals surface area contributed by atoms with Gasteiger partial charge in [0.2, 0.25) is 0 Å². The Bertz CT molecular complexity index is 792. The summed E-state index contributed by atoms with van der Waals surface area (Å²) in [6, 6.07) is 0. The molecule has 0 bridgehead atoms. The molecule has 0 aromatic rings. The molecule has 1 aliphatic heterocycles. The molecule has 12 heteroatoms. The molecule has 1 aliphatic rings. The molecule has 306 valence electrons. The SMILES string of the molecule is CC(C)CCOCNN1C(COCCC(C)C)N(N)C(COCCC(C)C)N(N(COCCC(C)C)COCCC(C)C)C1COCCC(C)C. The molecular weight excluding hydrogens is 648 g/mol. The Morgan fingerprint density at radius 2 is 0.804 bits per heavy atom. The van der Waals surface area contributed by atoms with Crippen LogP contribution in [-0.2, 0) is 28.4 Å². The van der Waals surface area contributed by atoms with Crippen molar-refractivity contribution in [1.29, 1.82) is 0 Å². The molecule has 3 unspecified atom stereocenters. The van der Waals surface area contributed by atoms with E-state index >= 15 is 0 Å². The van der Waals surface area contributed by atoms with Crippen molar-refractivity contribution in [2.75, 3.05) is 79.7 Å². The molecule has 3 atom stereocenters. The highest BCUT2D eigenvalue weighted by molar-refractivity contribution is 4.87. The molecule has 0 aromatic carbocycles. The van der Waals surface area contributed by atoms with E-state index < -0.39 is 0 Å². The van der Waals surface area contributed by atoms with Gasteiger partial charge in [0.25, 0.3) is 0 Å². The average molecular weight is 733 g/mol. The lowest BCUT2D eigenvalue weighted by molar-refractivity contribution is -0.318. The van der Waals surface area contributed by atoms with E-state index in [1.807, 2.05) is 5.01 Å². The maximum absolute atomic E-state index is 7.20. The highest BCUT2D eigenvalue weighted by Crippen LogP contribution is 2.27. The highest BCUT2D eigenvalue weighted by atomic mass is 16.5. The van der Waals surface area contributed by atoms with Crippen molar-refractivity contribution in [2.45, 2.75) is 140 Å². The van der Waals surface area contributed by atoms with Gasteiger partial charge in [-0.3, -0.25) is 5.84 Å². The molecule has 0 saturated carbocycles. The fourth-order valence-corrected chi connectivity index (χ4v) is 5.26. The first-order chi connectivity index (χ1) is 24.2. The number of hydrogen-bond donors (Lipinski definition) is 2. The molecule has 0 radical (unpaired) electrons. The monoisotopic (exact) mass is 733 g/mol. The quantitative estimate of drug-likeness (QED) is 0.0436. The summed E-state index contributed by atoms with van der Waals surface area (Å²) >= 11 is 0. The third kappa shape index (κ3) is 22.5. The maximum atomic E-state index is 7.20. The van der Waals surface area contributed by atoms with Gasteiger partial charge in [-0.05, 0) is 74.0 Å². The van der Waals surface area contributed by atoms with Crippen molar-refractivity contribution >= 4 is 0 Å². The van der Waals surface area contributed by atoms with Crippen LogP contribution in [0.15, 0.2) is 0 Å². The molecule has 1 rings (SSSR count). The zero-order valence-electron chi connectivity index (χ0n) is 35.2. The van der Waals surface area contributed by atoms with Crippen LogP contribution < -0.4 is 11.3 Å². The van der Waals surface area contributed by atoms with E-state index in [1.54, 1.807) is 0 Å². The van der Waals surface area contributed by atoms with Gasteiger partial charge in [-0.25, -0.2) is 15.4 Å². The van der Waals surface area contributed by atoms with Crippen LogP contribution in [0.2, 0.25) is 0 Å². The van der Waals surface area contributed by atoms with E-state index in [4.69, 9.17) is 34.3 Å². The van der Waals surface area contributed by atoms with Gasteiger partial charge in [0.15, 0.2) is 0 Å². The van der Waals surface area contributed by atoms with E-state index in [9.17, 15) is 0 Å². The van der Waals surface area contributed by atoms with Crippen LogP contribution in [0.3, 0.4) is 0 Å². The lowest BCUT2D eigenvalue weighted by atomic mass is 10.1. The van der Waals surface area contributed by atoms with Gasteiger partial charge in [-0.1, -0.05) is 83.1 Å². The van der Waals surface area contributed by atoms with Crippen LogP contribution in [-0.4, -0.2) is 118 Å². The first-order valence-corrected chi connectivity index (χ1v) is 20.3. The highest BCUT2D eigenvalue weighted by Gasteiger charge is 2.48. The Morgan fingerprint density at radius 1 is 0.471 bits per heavy atom. The predicted molar refractivity (Wildman–Crippen MR) is 208 cm³/mol. The zero-order chi connectivity index (χ0) is 38.2. The van der Waals surface area contributed by atoms with Gasteiger partial charge in [0.1, 0.15) is 38.7 Å². The molecule has 0 amide bonds. The molecule has 1 saturated heterocycles. The minimum atomic E-state index is -0.336. The summed E-state index contributed by atoms with van der Waals surface area (Å²) in [6.07, 6.45) is 4.94. The smallest absolute Gasteiger partial charge is 0.116 e. The zero-order valence-corrected chi connectivity index (χ0v) is 35.2. The van der Waals surface area contributed by atoms with Crippen molar-refractivity contribution in [1.82, 2.24) is 25.5 Å². The Balaban J connectivity index is 3.60. The van der Waals surface area contributed by atoms with Gasteiger partial charge in [-0.15, -0.1) is 0 Å². The molecule has 1 heterocycles. The fraction of sp³-hybridized carbons (Fsp3) is 1.00. The summed E-state index contributed by atoms with van der Waals surface area (Å²) < 4.78 is 38.1. The maximum Gasteiger partial charge on any atom is 0.116 e. The van der Waals surface area contributed by atoms with Gasteiger partial charge in [-0.2, -0.15) is 10.0 Å². The lowest BCUT2D eigenvalue weighted by Gasteiger charge is -2.57. The topological polar surface area (TPSA) is 106 Å². The molecule has 1 fully saturated rings. The van der Waals surface area contributed by atoms with Crippen molar-refractivity contribution in [2.24, 2.45) is 41.4 Å². The molecule has 0 aromatic heterocycles. The third-order valence-corrected chi connectivity index (χ3v) is 8.94. The lowest BCUT2D eigenvalue weighted by Crippen LogP contribution is -2.80. The Kier molecular flexibility index (Phi) is 27.5. The van der Waals surface area contributed by atoms with Crippen LogP contribution in [0.4, 0.5) is 0 Å². The van der Waals surface area contributed by atoms with Crippen LogP contribution >= 0.6 is 0 Å². The minimum Gasteiger partial charge on any atom is -0.378 e. The number of nitrogens with two attached hydrogens (primary N) is 1. The molecule has 51 heavy (non-hydrogen) atoms. The second kappa shape index (κ2) is 28.9. The van der Waals surface area contributed by atoms with Crippen molar-refractivity contribution < 1.29 is 28.4 Å². The Hall–Kier alpha value is -0.480. The minimum absolute atomic E-state index is 0.287. The van der Waals surface area contributed by atoms with E-state index in [1.165, 1.54) is 0 Å². The summed E-state index contributed by atoms with van der Waals surface area (Å²) in [5.41, 5.74) is 3.62. The Morgan fingerprint density at radius 3 is 1.20 bits per heavy atom.